The monoisotopic (exact) mass is 306 g/mol. The van der Waals surface area contributed by atoms with Gasteiger partial charge in [-0.15, -0.1) is 0 Å². The molecule has 1 saturated heterocycles. The molecule has 1 aliphatic rings. The van der Waals surface area contributed by atoms with Crippen LogP contribution in [0.3, 0.4) is 0 Å². The smallest absolute Gasteiger partial charge is 0.410 e. The zero-order valence-corrected chi connectivity index (χ0v) is 13.2. The molecule has 0 aliphatic carbocycles. The molecule has 7 heteroatoms. The van der Waals surface area contributed by atoms with Gasteiger partial charge in [0.15, 0.2) is 0 Å². The van der Waals surface area contributed by atoms with E-state index in [1.807, 2.05) is 20.8 Å². The van der Waals surface area contributed by atoms with Gasteiger partial charge in [0.2, 0.25) is 0 Å². The fourth-order valence-electron chi connectivity index (χ4n) is 2.18. The number of nitrogen functional groups attached to an aromatic ring is 1. The van der Waals surface area contributed by atoms with Crippen LogP contribution < -0.4 is 5.73 Å². The van der Waals surface area contributed by atoms with Crippen LogP contribution in [0, 0.1) is 0 Å². The molecular formula is C15H22N4O3. The summed E-state index contributed by atoms with van der Waals surface area (Å²) in [6.07, 6.45) is 2.65. The number of carbonyl (C=O) groups is 2. The lowest BCUT2D eigenvalue weighted by Gasteiger charge is -2.35. The van der Waals surface area contributed by atoms with E-state index in [0.717, 1.165) is 0 Å². The first-order valence-corrected chi connectivity index (χ1v) is 7.24. The molecule has 2 amide bonds. The molecule has 120 valence electrons. The Morgan fingerprint density at radius 3 is 2.27 bits per heavy atom. The van der Waals surface area contributed by atoms with E-state index in [0.29, 0.717) is 37.4 Å². The first-order valence-electron chi connectivity index (χ1n) is 7.24. The van der Waals surface area contributed by atoms with E-state index in [4.69, 9.17) is 10.5 Å². The fraction of sp³-hybridized carbons (Fsp3) is 0.533. The van der Waals surface area contributed by atoms with E-state index in [-0.39, 0.29) is 12.0 Å². The van der Waals surface area contributed by atoms with E-state index in [9.17, 15) is 9.59 Å². The molecule has 1 aromatic rings. The zero-order valence-electron chi connectivity index (χ0n) is 13.2. The van der Waals surface area contributed by atoms with Crippen LogP contribution in [0.25, 0.3) is 0 Å². The molecule has 0 unspecified atom stereocenters. The van der Waals surface area contributed by atoms with Crippen molar-refractivity contribution in [2.75, 3.05) is 31.9 Å². The topological polar surface area (TPSA) is 88.8 Å². The van der Waals surface area contributed by atoms with Gasteiger partial charge in [-0.05, 0) is 26.8 Å². The molecule has 0 spiro atoms. The molecule has 22 heavy (non-hydrogen) atoms. The largest absolute Gasteiger partial charge is 0.444 e. The van der Waals surface area contributed by atoms with Crippen LogP contribution in [0.15, 0.2) is 18.5 Å². The number of anilines is 1. The molecule has 0 bridgehead atoms. The summed E-state index contributed by atoms with van der Waals surface area (Å²) < 4.78 is 5.33. The molecule has 1 aromatic heterocycles. The lowest BCUT2D eigenvalue weighted by Crippen LogP contribution is -2.51. The first kappa shape index (κ1) is 16.1. The highest BCUT2D eigenvalue weighted by atomic mass is 16.6. The number of pyridine rings is 1. The predicted molar refractivity (Wildman–Crippen MR) is 82.4 cm³/mol. The van der Waals surface area contributed by atoms with Crippen LogP contribution in [-0.2, 0) is 4.74 Å². The molecule has 0 radical (unpaired) electrons. The average molecular weight is 306 g/mol. The summed E-state index contributed by atoms with van der Waals surface area (Å²) in [6, 6.07) is 1.61. The number of hydrogen-bond donors (Lipinski definition) is 1. The van der Waals surface area contributed by atoms with Gasteiger partial charge in [-0.2, -0.15) is 0 Å². The highest BCUT2D eigenvalue weighted by molar-refractivity contribution is 5.94. The number of carbonyl (C=O) groups excluding carboxylic acids is 2. The van der Waals surface area contributed by atoms with Crippen molar-refractivity contribution in [1.82, 2.24) is 14.8 Å². The molecule has 2 rings (SSSR count). The van der Waals surface area contributed by atoms with Crippen molar-refractivity contribution < 1.29 is 14.3 Å². The average Bonchev–Trinajstić information content (AvgIpc) is 2.45. The third-order valence-corrected chi connectivity index (χ3v) is 3.22. The molecule has 1 aliphatic heterocycles. The van der Waals surface area contributed by atoms with Crippen molar-refractivity contribution >= 4 is 17.7 Å². The predicted octanol–water partition coefficient (Wildman–Crippen LogP) is 1.36. The fourth-order valence-corrected chi connectivity index (χ4v) is 2.18. The zero-order chi connectivity index (χ0) is 16.3. The van der Waals surface area contributed by atoms with Crippen LogP contribution in [0.5, 0.6) is 0 Å². The molecular weight excluding hydrogens is 284 g/mol. The third kappa shape index (κ3) is 4.09. The van der Waals surface area contributed by atoms with E-state index in [2.05, 4.69) is 4.98 Å². The molecule has 1 fully saturated rings. The Morgan fingerprint density at radius 2 is 1.73 bits per heavy atom. The van der Waals surface area contributed by atoms with Crippen molar-refractivity contribution in [2.24, 2.45) is 0 Å². The Kier molecular flexibility index (Phi) is 4.54. The lowest BCUT2D eigenvalue weighted by molar-refractivity contribution is 0.0141. The number of nitrogens with zero attached hydrogens (tertiary/aromatic N) is 3. The molecule has 0 saturated carbocycles. The van der Waals surface area contributed by atoms with E-state index >= 15 is 0 Å². The maximum absolute atomic E-state index is 12.4. The van der Waals surface area contributed by atoms with Crippen molar-refractivity contribution in [2.45, 2.75) is 26.4 Å². The molecule has 2 N–H and O–H groups in total. The number of hydrogen-bond acceptors (Lipinski definition) is 5. The van der Waals surface area contributed by atoms with Crippen LogP contribution in [0.4, 0.5) is 10.5 Å². The Bertz CT molecular complexity index is 560. The second-order valence-corrected chi connectivity index (χ2v) is 6.27. The third-order valence-electron chi connectivity index (χ3n) is 3.22. The van der Waals surface area contributed by atoms with Crippen molar-refractivity contribution in [1.29, 1.82) is 0 Å². The summed E-state index contributed by atoms with van der Waals surface area (Å²) in [5, 5.41) is 0. The number of piperazine rings is 1. The van der Waals surface area contributed by atoms with Crippen LogP contribution in [0.2, 0.25) is 0 Å². The van der Waals surface area contributed by atoms with E-state index in [1.54, 1.807) is 15.9 Å². The quantitative estimate of drug-likeness (QED) is 0.846. The molecule has 0 atom stereocenters. The van der Waals surface area contributed by atoms with Crippen LogP contribution >= 0.6 is 0 Å². The summed E-state index contributed by atoms with van der Waals surface area (Å²) in [5.74, 6) is -0.122. The Labute approximate surface area is 130 Å². The summed E-state index contributed by atoms with van der Waals surface area (Å²) in [6.45, 7) is 7.33. The van der Waals surface area contributed by atoms with E-state index in [1.165, 1.54) is 12.4 Å². The Balaban J connectivity index is 1.92. The second-order valence-electron chi connectivity index (χ2n) is 6.27. The van der Waals surface area contributed by atoms with Gasteiger partial charge in [-0.25, -0.2) is 4.79 Å². The van der Waals surface area contributed by atoms with Gasteiger partial charge in [0, 0.05) is 38.6 Å². The summed E-state index contributed by atoms with van der Waals surface area (Å²) in [5.41, 5.74) is 6.05. The van der Waals surface area contributed by atoms with E-state index < -0.39 is 5.60 Å². The number of rotatable bonds is 1. The van der Waals surface area contributed by atoms with Gasteiger partial charge in [0.25, 0.3) is 5.91 Å². The lowest BCUT2D eigenvalue weighted by atomic mass is 10.2. The second kappa shape index (κ2) is 6.21. The first-order chi connectivity index (χ1) is 10.3. The standard InChI is InChI=1S/C15H22N4O3/c1-15(2,3)22-14(21)19-6-4-18(5-7-19)13(20)11-8-12(16)10-17-9-11/h8-10H,4-7,16H2,1-3H3. The Morgan fingerprint density at radius 1 is 1.14 bits per heavy atom. The van der Waals surface area contributed by atoms with Gasteiger partial charge in [0.1, 0.15) is 5.60 Å². The Hall–Kier alpha value is -2.31. The highest BCUT2D eigenvalue weighted by Crippen LogP contribution is 2.14. The minimum atomic E-state index is -0.517. The maximum atomic E-state index is 12.4. The van der Waals surface area contributed by atoms with Gasteiger partial charge < -0.3 is 20.3 Å². The van der Waals surface area contributed by atoms with Crippen molar-refractivity contribution in [3.63, 3.8) is 0 Å². The molecule has 0 aromatic carbocycles. The van der Waals surface area contributed by atoms with Crippen LogP contribution in [0.1, 0.15) is 31.1 Å². The molecule has 7 nitrogen and oxygen atoms in total. The number of aromatic nitrogens is 1. The summed E-state index contributed by atoms with van der Waals surface area (Å²) >= 11 is 0. The van der Waals surface area contributed by atoms with Gasteiger partial charge >= 0.3 is 6.09 Å². The molecule has 2 heterocycles. The van der Waals surface area contributed by atoms with Gasteiger partial charge in [0.05, 0.1) is 11.3 Å². The SMILES string of the molecule is CC(C)(C)OC(=O)N1CCN(C(=O)c2cncc(N)c2)CC1. The van der Waals surface area contributed by atoms with Crippen molar-refractivity contribution in [3.05, 3.63) is 24.0 Å². The van der Waals surface area contributed by atoms with Crippen molar-refractivity contribution in [3.8, 4) is 0 Å². The normalized spacial score (nSPS) is 15.6. The number of nitrogens with two attached hydrogens (primary N) is 1. The minimum Gasteiger partial charge on any atom is -0.444 e. The summed E-state index contributed by atoms with van der Waals surface area (Å²) in [7, 11) is 0. The number of amides is 2. The maximum Gasteiger partial charge on any atom is 0.410 e. The van der Waals surface area contributed by atoms with Gasteiger partial charge in [-0.3, -0.25) is 9.78 Å². The number of ether oxygens (including phenoxy) is 1. The van der Waals surface area contributed by atoms with Gasteiger partial charge in [-0.1, -0.05) is 0 Å². The van der Waals surface area contributed by atoms with Crippen LogP contribution in [-0.4, -0.2) is 58.6 Å². The summed E-state index contributed by atoms with van der Waals surface area (Å²) in [4.78, 5) is 31.6. The highest BCUT2D eigenvalue weighted by Gasteiger charge is 2.28. The minimum absolute atomic E-state index is 0.122.